The largest absolute Gasteiger partial charge is 0.308 e. The predicted molar refractivity (Wildman–Crippen MR) is 180 cm³/mol. The second-order valence-electron chi connectivity index (χ2n) is 11.3. The average Bonchev–Trinajstić information content (AvgIpc) is 3.55. The summed E-state index contributed by atoms with van der Waals surface area (Å²) in [6.45, 7) is 9.38. The minimum atomic E-state index is -0.337. The van der Waals surface area contributed by atoms with Gasteiger partial charge in [0.2, 0.25) is 0 Å². The summed E-state index contributed by atoms with van der Waals surface area (Å²) in [5.74, 6) is -0.665. The first-order valence-corrected chi connectivity index (χ1v) is 14.7. The highest BCUT2D eigenvalue weighted by Gasteiger charge is 2.39. The number of anilines is 1. The van der Waals surface area contributed by atoms with Crippen LogP contribution in [0, 0.1) is 13.5 Å². The average molecular weight is 580 g/mol. The van der Waals surface area contributed by atoms with E-state index in [9.17, 15) is 9.59 Å². The highest BCUT2D eigenvalue weighted by molar-refractivity contribution is 6.35. The molecule has 8 rings (SSSR count). The molecule has 5 nitrogen and oxygen atoms in total. The van der Waals surface area contributed by atoms with Crippen molar-refractivity contribution in [1.29, 1.82) is 0 Å². The summed E-state index contributed by atoms with van der Waals surface area (Å²) in [6, 6.07) is 43.3. The molecule has 1 aromatic heterocycles. The maximum absolute atomic E-state index is 14.2. The van der Waals surface area contributed by atoms with Crippen molar-refractivity contribution in [3.8, 4) is 27.9 Å². The summed E-state index contributed by atoms with van der Waals surface area (Å²) in [7, 11) is 0. The van der Waals surface area contributed by atoms with Gasteiger partial charge in [-0.15, -0.1) is 0 Å². The topological polar surface area (TPSA) is 46.7 Å². The number of imide groups is 1. The molecular formula is C40H25N3O2. The number of aryl methyl sites for hydroxylation is 1. The number of para-hydroxylation sites is 1. The van der Waals surface area contributed by atoms with Crippen LogP contribution in [0.15, 0.2) is 133 Å². The van der Waals surface area contributed by atoms with Crippen LogP contribution in [0.4, 0.5) is 11.4 Å². The molecule has 0 saturated heterocycles. The zero-order valence-corrected chi connectivity index (χ0v) is 24.4. The third kappa shape index (κ3) is 4.08. The number of amides is 2. The maximum Gasteiger partial charge on any atom is 0.268 e. The maximum atomic E-state index is 14.2. The summed E-state index contributed by atoms with van der Waals surface area (Å²) < 4.78 is 2.09. The number of benzene rings is 6. The molecule has 0 unspecified atom stereocenters. The van der Waals surface area contributed by atoms with E-state index in [0.717, 1.165) is 49.6 Å². The number of carbonyl (C=O) groups excluding carboxylic acids is 2. The van der Waals surface area contributed by atoms with Crippen LogP contribution < -0.4 is 4.90 Å². The number of aromatic nitrogens is 1. The molecule has 0 atom stereocenters. The lowest BCUT2D eigenvalue weighted by Gasteiger charge is -2.15. The highest BCUT2D eigenvalue weighted by Crippen LogP contribution is 2.39. The van der Waals surface area contributed by atoms with Gasteiger partial charge in [-0.2, -0.15) is 0 Å². The lowest BCUT2D eigenvalue weighted by molar-refractivity contribution is 0.0926. The molecule has 1 aliphatic rings. The van der Waals surface area contributed by atoms with Gasteiger partial charge < -0.3 is 4.57 Å². The molecule has 0 fully saturated rings. The van der Waals surface area contributed by atoms with Crippen molar-refractivity contribution in [1.82, 2.24) is 4.57 Å². The van der Waals surface area contributed by atoms with E-state index in [1.54, 1.807) is 6.07 Å². The Morgan fingerprint density at radius 1 is 0.578 bits per heavy atom. The molecule has 45 heavy (non-hydrogen) atoms. The van der Waals surface area contributed by atoms with Gasteiger partial charge in [0.1, 0.15) is 0 Å². The van der Waals surface area contributed by atoms with E-state index < -0.39 is 0 Å². The smallest absolute Gasteiger partial charge is 0.268 e. The van der Waals surface area contributed by atoms with Crippen molar-refractivity contribution in [3.05, 3.63) is 162 Å². The van der Waals surface area contributed by atoms with Gasteiger partial charge in [-0.1, -0.05) is 96.6 Å². The van der Waals surface area contributed by atoms with Gasteiger partial charge in [-0.25, -0.2) is 9.74 Å². The van der Waals surface area contributed by atoms with Crippen molar-refractivity contribution in [2.75, 3.05) is 4.90 Å². The first-order valence-electron chi connectivity index (χ1n) is 14.7. The molecule has 0 spiro atoms. The zero-order valence-electron chi connectivity index (χ0n) is 24.4. The summed E-state index contributed by atoms with van der Waals surface area (Å²) in [6.07, 6.45) is 0. The van der Waals surface area contributed by atoms with Crippen LogP contribution in [0.1, 0.15) is 26.3 Å². The van der Waals surface area contributed by atoms with Crippen LogP contribution in [-0.4, -0.2) is 16.4 Å². The molecule has 6 aromatic carbocycles. The van der Waals surface area contributed by atoms with Crippen LogP contribution in [0.25, 0.3) is 54.6 Å². The molecular weight excluding hydrogens is 554 g/mol. The fourth-order valence-electron chi connectivity index (χ4n) is 6.56. The Morgan fingerprint density at radius 2 is 1.29 bits per heavy atom. The Hall–Kier alpha value is -6.25. The van der Waals surface area contributed by atoms with Crippen molar-refractivity contribution < 1.29 is 9.59 Å². The lowest BCUT2D eigenvalue weighted by Crippen LogP contribution is -2.29. The second-order valence-corrected chi connectivity index (χ2v) is 11.3. The normalized spacial score (nSPS) is 12.6. The van der Waals surface area contributed by atoms with Crippen LogP contribution in [0.5, 0.6) is 0 Å². The van der Waals surface area contributed by atoms with Gasteiger partial charge in [-0.3, -0.25) is 9.59 Å². The molecule has 7 aromatic rings. The Kier molecular flexibility index (Phi) is 5.97. The summed E-state index contributed by atoms with van der Waals surface area (Å²) in [4.78, 5) is 32.8. The summed E-state index contributed by atoms with van der Waals surface area (Å²) in [5, 5.41) is 2.09. The Labute approximate surface area is 260 Å². The predicted octanol–water partition coefficient (Wildman–Crippen LogP) is 9.78. The number of carbonyl (C=O) groups is 2. The Balaban J connectivity index is 1.26. The minimum absolute atomic E-state index is 0.328. The molecule has 0 N–H and O–H groups in total. The number of hydrogen-bond donors (Lipinski definition) is 0. The van der Waals surface area contributed by atoms with E-state index in [1.165, 1.54) is 4.90 Å². The summed E-state index contributed by atoms with van der Waals surface area (Å²) in [5.41, 5.74) is 9.74. The molecule has 0 aliphatic carbocycles. The fourth-order valence-corrected chi connectivity index (χ4v) is 6.56. The molecule has 2 heterocycles. The number of fused-ring (bicyclic) bond motifs is 4. The Bertz CT molecular complexity index is 2380. The summed E-state index contributed by atoms with van der Waals surface area (Å²) >= 11 is 0. The minimum Gasteiger partial charge on any atom is -0.308 e. The first kappa shape index (κ1) is 26.4. The van der Waals surface area contributed by atoms with Crippen LogP contribution in [-0.2, 0) is 0 Å². The van der Waals surface area contributed by atoms with Gasteiger partial charge >= 0.3 is 0 Å². The van der Waals surface area contributed by atoms with Gasteiger partial charge in [0, 0.05) is 10.8 Å². The fraction of sp³-hybridized carbons (Fsp3) is 0.0250. The van der Waals surface area contributed by atoms with E-state index in [4.69, 9.17) is 6.57 Å². The zero-order chi connectivity index (χ0) is 30.7. The van der Waals surface area contributed by atoms with Crippen molar-refractivity contribution in [2.24, 2.45) is 0 Å². The van der Waals surface area contributed by atoms with Gasteiger partial charge in [0.05, 0.1) is 40.1 Å². The molecule has 0 bridgehead atoms. The van der Waals surface area contributed by atoms with E-state index in [0.29, 0.717) is 28.2 Å². The molecule has 212 valence electrons. The Morgan fingerprint density at radius 3 is 2.07 bits per heavy atom. The van der Waals surface area contributed by atoms with E-state index in [1.807, 2.05) is 110 Å². The van der Waals surface area contributed by atoms with Gasteiger partial charge in [0.15, 0.2) is 5.69 Å². The number of nitrogens with zero attached hydrogens (tertiary/aromatic N) is 3. The second kappa shape index (κ2) is 10.2. The van der Waals surface area contributed by atoms with E-state index in [-0.39, 0.29) is 11.8 Å². The van der Waals surface area contributed by atoms with Gasteiger partial charge in [0.25, 0.3) is 11.8 Å². The quantitative estimate of drug-likeness (QED) is 0.154. The van der Waals surface area contributed by atoms with Crippen LogP contribution >= 0.6 is 0 Å². The first-order chi connectivity index (χ1) is 22.0. The van der Waals surface area contributed by atoms with Gasteiger partial charge in [-0.05, 0) is 71.6 Å². The van der Waals surface area contributed by atoms with E-state index >= 15 is 0 Å². The van der Waals surface area contributed by atoms with E-state index in [2.05, 4.69) is 33.7 Å². The molecule has 1 aliphatic heterocycles. The van der Waals surface area contributed by atoms with Crippen LogP contribution in [0.3, 0.4) is 0 Å². The lowest BCUT2D eigenvalue weighted by atomic mass is 9.98. The molecule has 0 radical (unpaired) electrons. The number of rotatable bonds is 4. The van der Waals surface area contributed by atoms with Crippen LogP contribution in [0.2, 0.25) is 0 Å². The number of hydrogen-bond acceptors (Lipinski definition) is 2. The third-order valence-electron chi connectivity index (χ3n) is 8.69. The van der Waals surface area contributed by atoms with Crippen molar-refractivity contribution in [2.45, 2.75) is 6.92 Å². The standard InChI is InChI=1S/C40H25N3O2/c1-25-23-29(41-2)18-21-31(25)28-17-22-36-34(24-28)32-11-6-7-13-35(32)43(36)37-14-8-12-33-38(37)40(45)42(39(33)44)30-19-15-27(16-20-30)26-9-4-3-5-10-26/h3-24H,1H3. The van der Waals surface area contributed by atoms with Crippen molar-refractivity contribution in [3.63, 3.8) is 0 Å². The third-order valence-corrected chi connectivity index (χ3v) is 8.69. The highest BCUT2D eigenvalue weighted by atomic mass is 16.2. The molecule has 5 heteroatoms. The molecule has 2 amide bonds. The SMILES string of the molecule is [C-]#[N+]c1ccc(-c2ccc3c(c2)c2ccccc2n3-c2cccc3c2C(=O)N(c2ccc(-c4ccccc4)cc2)C3=O)c(C)c1. The molecule has 0 saturated carbocycles. The monoisotopic (exact) mass is 579 g/mol. The van der Waals surface area contributed by atoms with Crippen molar-refractivity contribution >= 4 is 45.0 Å².